The summed E-state index contributed by atoms with van der Waals surface area (Å²) in [5.74, 6) is -1.19. The molecule has 0 radical (unpaired) electrons. The molecule has 2 aromatic carbocycles. The predicted molar refractivity (Wildman–Crippen MR) is 112 cm³/mol. The van der Waals surface area contributed by atoms with Crippen LogP contribution < -0.4 is 10.6 Å². The lowest BCUT2D eigenvalue weighted by molar-refractivity contribution is -0.117. The van der Waals surface area contributed by atoms with Crippen molar-refractivity contribution in [1.29, 1.82) is 5.26 Å². The first-order valence-electron chi connectivity index (χ1n) is 7.96. The van der Waals surface area contributed by atoms with Crippen LogP contribution >= 0.6 is 46.6 Å². The highest BCUT2D eigenvalue weighted by molar-refractivity contribution is 8.05. The average Bonchev–Trinajstić information content (AvgIpc) is 2.95. The molecule has 9 heteroatoms. The largest absolute Gasteiger partial charge is 0.365 e. The summed E-state index contributed by atoms with van der Waals surface area (Å²) in [5.41, 5.74) is 6.28. The van der Waals surface area contributed by atoms with Crippen LogP contribution in [0.1, 0.15) is 5.56 Å². The molecule has 28 heavy (non-hydrogen) atoms. The summed E-state index contributed by atoms with van der Waals surface area (Å²) in [4.78, 5) is 26.2. The molecule has 0 saturated carbocycles. The van der Waals surface area contributed by atoms with Gasteiger partial charge in [0.25, 0.3) is 5.91 Å². The van der Waals surface area contributed by atoms with Gasteiger partial charge in [-0.2, -0.15) is 5.26 Å². The Labute approximate surface area is 180 Å². The Morgan fingerprint density at radius 2 is 1.79 bits per heavy atom. The van der Waals surface area contributed by atoms with Crippen molar-refractivity contribution in [1.82, 2.24) is 0 Å². The maximum absolute atomic E-state index is 13.1. The number of hydrogen-bond donors (Lipinski definition) is 1. The molecule has 5 nitrogen and oxygen atoms in total. The second kappa shape index (κ2) is 8.46. The van der Waals surface area contributed by atoms with Gasteiger partial charge in [0.2, 0.25) is 5.91 Å². The third kappa shape index (κ3) is 4.13. The number of nitrogens with two attached hydrogens (primary N) is 1. The fourth-order valence-electron chi connectivity index (χ4n) is 2.71. The van der Waals surface area contributed by atoms with Crippen molar-refractivity contribution in [3.63, 3.8) is 0 Å². The Bertz CT molecular complexity index is 1030. The molecule has 3 rings (SSSR count). The summed E-state index contributed by atoms with van der Waals surface area (Å²) in [6.45, 7) is 0. The number of nitrogens with zero attached hydrogens (tertiary/aromatic N) is 2. The number of thioether (sulfide) groups is 1. The van der Waals surface area contributed by atoms with Crippen molar-refractivity contribution in [3.8, 4) is 6.07 Å². The van der Waals surface area contributed by atoms with Gasteiger partial charge < -0.3 is 5.73 Å². The van der Waals surface area contributed by atoms with E-state index in [0.717, 1.165) is 17.3 Å². The van der Waals surface area contributed by atoms with Gasteiger partial charge in [-0.25, -0.2) is 0 Å². The molecule has 2 N–H and O–H groups in total. The lowest BCUT2D eigenvalue weighted by Crippen LogP contribution is -2.31. The zero-order valence-corrected chi connectivity index (χ0v) is 17.2. The molecular formula is C19H12Cl3N3O2S. The second-order valence-corrected chi connectivity index (χ2v) is 8.32. The number of amides is 2. The van der Waals surface area contributed by atoms with E-state index in [0.29, 0.717) is 27.2 Å². The molecule has 0 aromatic heterocycles. The Balaban J connectivity index is 2.04. The minimum absolute atomic E-state index is 0.192. The standard InChI is InChI=1S/C19H12Cl3N3O2S/c20-11-3-5-13(6-4-11)25-18(27)16(28-19(25)14(9-23)17(24)26)7-10-1-2-12(21)8-15(10)22/h1-6,8,16H,7H2,(H2,24,26)/b19-14-/t16-/m0/s1. The third-order valence-electron chi connectivity index (χ3n) is 4.03. The molecule has 0 aliphatic carbocycles. The molecule has 0 unspecified atom stereocenters. The third-order valence-corrected chi connectivity index (χ3v) is 6.13. The van der Waals surface area contributed by atoms with Crippen molar-refractivity contribution in [2.75, 3.05) is 4.90 Å². The first-order chi connectivity index (χ1) is 13.3. The van der Waals surface area contributed by atoms with Crippen LogP contribution in [0, 0.1) is 11.3 Å². The molecule has 1 atom stereocenters. The fraction of sp³-hybridized carbons (Fsp3) is 0.105. The van der Waals surface area contributed by atoms with Crippen molar-refractivity contribution in [2.45, 2.75) is 11.7 Å². The normalized spacial score (nSPS) is 18.1. The first kappa shape index (κ1) is 20.6. The maximum Gasteiger partial charge on any atom is 0.262 e. The molecule has 1 saturated heterocycles. The second-order valence-electron chi connectivity index (χ2n) is 5.85. The zero-order valence-electron chi connectivity index (χ0n) is 14.2. The maximum atomic E-state index is 13.1. The molecule has 1 aliphatic heterocycles. The molecule has 1 heterocycles. The van der Waals surface area contributed by atoms with E-state index in [9.17, 15) is 14.9 Å². The van der Waals surface area contributed by atoms with Gasteiger partial charge in [-0.3, -0.25) is 14.5 Å². The van der Waals surface area contributed by atoms with Crippen molar-refractivity contribution in [3.05, 3.63) is 73.7 Å². The van der Waals surface area contributed by atoms with E-state index >= 15 is 0 Å². The van der Waals surface area contributed by atoms with Crippen LogP contribution in [0.3, 0.4) is 0 Å². The van der Waals surface area contributed by atoms with Crippen LogP contribution in [-0.4, -0.2) is 17.1 Å². The van der Waals surface area contributed by atoms with Gasteiger partial charge in [0.05, 0.1) is 5.25 Å². The number of nitriles is 1. The van der Waals surface area contributed by atoms with E-state index in [4.69, 9.17) is 40.5 Å². The van der Waals surface area contributed by atoms with Gasteiger partial charge in [-0.1, -0.05) is 52.6 Å². The van der Waals surface area contributed by atoms with Crippen LogP contribution in [0.25, 0.3) is 0 Å². The highest BCUT2D eigenvalue weighted by Crippen LogP contribution is 2.42. The lowest BCUT2D eigenvalue weighted by atomic mass is 10.1. The zero-order chi connectivity index (χ0) is 20.4. The summed E-state index contributed by atoms with van der Waals surface area (Å²) >= 11 is 19.2. The van der Waals surface area contributed by atoms with Crippen molar-refractivity contribution < 1.29 is 9.59 Å². The van der Waals surface area contributed by atoms with Crippen LogP contribution in [0.15, 0.2) is 53.1 Å². The summed E-state index contributed by atoms with van der Waals surface area (Å²) in [7, 11) is 0. The molecule has 2 aromatic rings. The Kier molecular flexibility index (Phi) is 6.21. The molecular weight excluding hydrogens is 441 g/mol. The van der Waals surface area contributed by atoms with Gasteiger partial charge in [-0.05, 0) is 48.4 Å². The molecule has 1 aliphatic rings. The van der Waals surface area contributed by atoms with Crippen molar-refractivity contribution in [2.24, 2.45) is 5.73 Å². The molecule has 0 bridgehead atoms. The molecule has 0 spiro atoms. The van der Waals surface area contributed by atoms with E-state index in [-0.39, 0.29) is 16.5 Å². The highest BCUT2D eigenvalue weighted by atomic mass is 35.5. The lowest BCUT2D eigenvalue weighted by Gasteiger charge is -2.18. The molecule has 2 amide bonds. The molecule has 142 valence electrons. The molecule has 1 fully saturated rings. The smallest absolute Gasteiger partial charge is 0.262 e. The first-order valence-corrected chi connectivity index (χ1v) is 9.97. The van der Waals surface area contributed by atoms with Gasteiger partial charge >= 0.3 is 0 Å². The average molecular weight is 453 g/mol. The summed E-state index contributed by atoms with van der Waals surface area (Å²) in [5, 5.41) is 10.4. The summed E-state index contributed by atoms with van der Waals surface area (Å²) in [6.07, 6.45) is 0.296. The summed E-state index contributed by atoms with van der Waals surface area (Å²) < 4.78 is 0. The van der Waals surface area contributed by atoms with Gasteiger partial charge in [0, 0.05) is 20.8 Å². The van der Waals surface area contributed by atoms with Crippen LogP contribution in [0.2, 0.25) is 15.1 Å². The van der Waals surface area contributed by atoms with Crippen LogP contribution in [-0.2, 0) is 16.0 Å². The van der Waals surface area contributed by atoms with Crippen LogP contribution in [0.5, 0.6) is 0 Å². The number of primary amides is 1. The number of anilines is 1. The fourth-order valence-corrected chi connectivity index (χ4v) is 4.63. The Hall–Kier alpha value is -2.17. The van der Waals surface area contributed by atoms with E-state index in [1.165, 1.54) is 4.90 Å². The van der Waals surface area contributed by atoms with E-state index in [2.05, 4.69) is 0 Å². The quantitative estimate of drug-likeness (QED) is 0.544. The number of benzene rings is 2. The minimum Gasteiger partial charge on any atom is -0.365 e. The summed E-state index contributed by atoms with van der Waals surface area (Å²) in [6, 6.07) is 13.3. The highest BCUT2D eigenvalue weighted by Gasteiger charge is 2.40. The van der Waals surface area contributed by atoms with Crippen molar-refractivity contribution >= 4 is 64.1 Å². The minimum atomic E-state index is -0.901. The van der Waals surface area contributed by atoms with E-state index in [1.54, 1.807) is 48.5 Å². The number of hydrogen-bond acceptors (Lipinski definition) is 4. The number of carbonyl (C=O) groups is 2. The van der Waals surface area contributed by atoms with E-state index < -0.39 is 11.2 Å². The van der Waals surface area contributed by atoms with E-state index in [1.807, 2.05) is 0 Å². The topological polar surface area (TPSA) is 87.2 Å². The number of carbonyl (C=O) groups excluding carboxylic acids is 2. The SMILES string of the molecule is N#C/C(C(N)=O)=C1/S[C@@H](Cc2ccc(Cl)cc2Cl)C(=O)N1c1ccc(Cl)cc1. The van der Waals surface area contributed by atoms with Gasteiger partial charge in [-0.15, -0.1) is 0 Å². The predicted octanol–water partition coefficient (Wildman–Crippen LogP) is 4.56. The van der Waals surface area contributed by atoms with Crippen LogP contribution in [0.4, 0.5) is 5.69 Å². The monoisotopic (exact) mass is 451 g/mol. The Morgan fingerprint density at radius 1 is 1.14 bits per heavy atom. The number of rotatable bonds is 4. The Morgan fingerprint density at radius 3 is 2.36 bits per heavy atom. The van der Waals surface area contributed by atoms with Gasteiger partial charge in [0.15, 0.2) is 0 Å². The van der Waals surface area contributed by atoms with Gasteiger partial charge in [0.1, 0.15) is 16.7 Å². The number of halogens is 3.